The normalized spacial score (nSPS) is 16.7. The number of benzene rings is 1. The van der Waals surface area contributed by atoms with Crippen LogP contribution in [0.5, 0.6) is 5.75 Å². The number of likely N-dealkylation sites (tertiary alicyclic amines) is 1. The van der Waals surface area contributed by atoms with Gasteiger partial charge in [0, 0.05) is 12.1 Å². The third-order valence-corrected chi connectivity index (χ3v) is 3.91. The third kappa shape index (κ3) is 4.19. The molecule has 0 spiro atoms. The van der Waals surface area contributed by atoms with Crippen LogP contribution in [0.3, 0.4) is 0 Å². The van der Waals surface area contributed by atoms with Gasteiger partial charge in [0.1, 0.15) is 5.75 Å². The second kappa shape index (κ2) is 8.00. The fourth-order valence-corrected chi connectivity index (χ4v) is 2.86. The molecule has 1 heterocycles. The molecule has 0 radical (unpaired) electrons. The summed E-state index contributed by atoms with van der Waals surface area (Å²) < 4.78 is 5.49. The topological polar surface area (TPSA) is 53.6 Å². The van der Waals surface area contributed by atoms with Crippen LogP contribution in [0.25, 0.3) is 0 Å². The maximum absolute atomic E-state index is 11.7. The van der Waals surface area contributed by atoms with Crippen LogP contribution < -0.4 is 15.4 Å². The maximum Gasteiger partial charge on any atom is 0.234 e. The molecule has 1 unspecified atom stereocenters. The molecule has 21 heavy (non-hydrogen) atoms. The van der Waals surface area contributed by atoms with Gasteiger partial charge in [0.15, 0.2) is 0 Å². The molecule has 1 aliphatic heterocycles. The molecule has 116 valence electrons. The third-order valence-electron chi connectivity index (χ3n) is 3.91. The van der Waals surface area contributed by atoms with Crippen LogP contribution in [-0.4, -0.2) is 51.1 Å². The van der Waals surface area contributed by atoms with E-state index in [0.717, 1.165) is 24.4 Å². The van der Waals surface area contributed by atoms with Crippen molar-refractivity contribution in [3.63, 3.8) is 0 Å². The van der Waals surface area contributed by atoms with E-state index in [4.69, 9.17) is 4.74 Å². The van der Waals surface area contributed by atoms with Crippen LogP contribution in [-0.2, 0) is 4.79 Å². The number of nitrogens with one attached hydrogen (secondary N) is 2. The minimum Gasteiger partial charge on any atom is -0.496 e. The van der Waals surface area contributed by atoms with Gasteiger partial charge in [-0.25, -0.2) is 0 Å². The van der Waals surface area contributed by atoms with Gasteiger partial charge in [0.25, 0.3) is 0 Å². The molecule has 0 bridgehead atoms. The van der Waals surface area contributed by atoms with E-state index in [1.807, 2.05) is 18.2 Å². The average Bonchev–Trinajstić information content (AvgIpc) is 3.02. The molecule has 1 aromatic carbocycles. The number of amides is 1. The van der Waals surface area contributed by atoms with E-state index in [0.29, 0.717) is 13.1 Å². The van der Waals surface area contributed by atoms with Crippen LogP contribution in [0, 0.1) is 0 Å². The summed E-state index contributed by atoms with van der Waals surface area (Å²) in [5, 5.41) is 5.88. The molecule has 2 N–H and O–H groups in total. The monoisotopic (exact) mass is 291 g/mol. The molecular weight excluding hydrogens is 266 g/mol. The number of para-hydroxylation sites is 1. The number of carbonyl (C=O) groups is 1. The smallest absolute Gasteiger partial charge is 0.234 e. The van der Waals surface area contributed by atoms with Crippen molar-refractivity contribution in [1.82, 2.24) is 15.5 Å². The first-order valence-electron chi connectivity index (χ1n) is 7.54. The van der Waals surface area contributed by atoms with Crippen molar-refractivity contribution >= 4 is 5.91 Å². The summed E-state index contributed by atoms with van der Waals surface area (Å²) in [6.07, 6.45) is 2.44. The van der Waals surface area contributed by atoms with Crippen molar-refractivity contribution < 1.29 is 9.53 Å². The Morgan fingerprint density at radius 2 is 2.05 bits per heavy atom. The molecule has 1 aromatic rings. The van der Waals surface area contributed by atoms with Gasteiger partial charge < -0.3 is 15.4 Å². The molecule has 5 nitrogen and oxygen atoms in total. The Morgan fingerprint density at radius 1 is 1.33 bits per heavy atom. The van der Waals surface area contributed by atoms with Crippen LogP contribution in [0.4, 0.5) is 0 Å². The molecule has 1 amide bonds. The van der Waals surface area contributed by atoms with Gasteiger partial charge in [-0.05, 0) is 39.0 Å². The summed E-state index contributed by atoms with van der Waals surface area (Å²) in [7, 11) is 3.47. The highest BCUT2D eigenvalue weighted by molar-refractivity contribution is 5.78. The number of rotatable bonds is 7. The number of ether oxygens (including phenoxy) is 1. The Bertz CT molecular complexity index is 459. The van der Waals surface area contributed by atoms with E-state index in [9.17, 15) is 4.79 Å². The van der Waals surface area contributed by atoms with Gasteiger partial charge in [0.05, 0.1) is 19.7 Å². The van der Waals surface area contributed by atoms with Crippen LogP contribution in [0.1, 0.15) is 24.4 Å². The lowest BCUT2D eigenvalue weighted by atomic mass is 10.0. The molecule has 1 atom stereocenters. The molecule has 2 rings (SSSR count). The van der Waals surface area contributed by atoms with E-state index < -0.39 is 0 Å². The van der Waals surface area contributed by atoms with E-state index in [1.54, 1.807) is 14.2 Å². The zero-order chi connectivity index (χ0) is 15.1. The molecule has 1 saturated heterocycles. The van der Waals surface area contributed by atoms with Crippen molar-refractivity contribution in [1.29, 1.82) is 0 Å². The fraction of sp³-hybridized carbons (Fsp3) is 0.562. The van der Waals surface area contributed by atoms with Crippen molar-refractivity contribution in [2.75, 3.05) is 40.3 Å². The minimum absolute atomic E-state index is 0.0246. The van der Waals surface area contributed by atoms with Crippen LogP contribution in [0.2, 0.25) is 0 Å². The lowest BCUT2D eigenvalue weighted by molar-refractivity contribution is -0.120. The first-order valence-corrected chi connectivity index (χ1v) is 7.54. The first-order chi connectivity index (χ1) is 10.3. The average molecular weight is 291 g/mol. The number of likely N-dealkylation sites (N-methyl/N-ethyl adjacent to an activating group) is 1. The Kier molecular flexibility index (Phi) is 6.02. The van der Waals surface area contributed by atoms with E-state index in [-0.39, 0.29) is 11.9 Å². The van der Waals surface area contributed by atoms with Gasteiger partial charge >= 0.3 is 0 Å². The molecule has 0 aliphatic carbocycles. The van der Waals surface area contributed by atoms with Crippen LogP contribution in [0.15, 0.2) is 24.3 Å². The summed E-state index contributed by atoms with van der Waals surface area (Å²) in [6.45, 7) is 3.11. The number of hydrogen-bond acceptors (Lipinski definition) is 4. The fourth-order valence-electron chi connectivity index (χ4n) is 2.86. The number of hydrogen-bond donors (Lipinski definition) is 2. The van der Waals surface area contributed by atoms with E-state index in [1.165, 1.54) is 12.8 Å². The number of methoxy groups -OCH3 is 1. The Hall–Kier alpha value is -1.59. The van der Waals surface area contributed by atoms with Gasteiger partial charge in [-0.15, -0.1) is 0 Å². The van der Waals surface area contributed by atoms with Crippen LogP contribution >= 0.6 is 0 Å². The van der Waals surface area contributed by atoms with Crippen molar-refractivity contribution in [2.45, 2.75) is 18.9 Å². The van der Waals surface area contributed by atoms with Gasteiger partial charge in [-0.2, -0.15) is 0 Å². The van der Waals surface area contributed by atoms with Gasteiger partial charge in [-0.3, -0.25) is 9.69 Å². The van der Waals surface area contributed by atoms with E-state index >= 15 is 0 Å². The molecule has 0 aromatic heterocycles. The highest BCUT2D eigenvalue weighted by Crippen LogP contribution is 2.31. The zero-order valence-electron chi connectivity index (χ0n) is 12.9. The molecule has 1 fully saturated rings. The predicted octanol–water partition coefficient (Wildman–Crippen LogP) is 1.17. The molecule has 0 saturated carbocycles. The zero-order valence-corrected chi connectivity index (χ0v) is 12.9. The Morgan fingerprint density at radius 3 is 2.71 bits per heavy atom. The van der Waals surface area contributed by atoms with Gasteiger partial charge in [0.2, 0.25) is 5.91 Å². The second-order valence-corrected chi connectivity index (χ2v) is 5.34. The van der Waals surface area contributed by atoms with Gasteiger partial charge in [-0.1, -0.05) is 18.2 Å². The summed E-state index contributed by atoms with van der Waals surface area (Å²) in [5.74, 6) is 0.911. The standard InChI is InChI=1S/C16H25N3O2/c1-17-12-16(20)18-11-14(19-9-5-6-10-19)13-7-3-4-8-15(13)21-2/h3-4,7-8,14,17H,5-6,9-12H2,1-2H3,(H,18,20). The van der Waals surface area contributed by atoms with Crippen molar-refractivity contribution in [3.05, 3.63) is 29.8 Å². The van der Waals surface area contributed by atoms with Crippen molar-refractivity contribution in [2.24, 2.45) is 0 Å². The summed E-state index contributed by atoms with van der Waals surface area (Å²) in [5.41, 5.74) is 1.15. The SMILES string of the molecule is CNCC(=O)NCC(c1ccccc1OC)N1CCCC1. The molecule has 5 heteroatoms. The lowest BCUT2D eigenvalue weighted by Crippen LogP contribution is -2.39. The first kappa shape index (κ1) is 15.8. The summed E-state index contributed by atoms with van der Waals surface area (Å²) in [6, 6.07) is 8.24. The molecule has 1 aliphatic rings. The highest BCUT2D eigenvalue weighted by Gasteiger charge is 2.26. The quantitative estimate of drug-likeness (QED) is 0.792. The summed E-state index contributed by atoms with van der Waals surface area (Å²) in [4.78, 5) is 14.2. The highest BCUT2D eigenvalue weighted by atomic mass is 16.5. The van der Waals surface area contributed by atoms with E-state index in [2.05, 4.69) is 21.6 Å². The minimum atomic E-state index is 0.0246. The maximum atomic E-state index is 11.7. The Labute approximate surface area is 126 Å². The summed E-state index contributed by atoms with van der Waals surface area (Å²) >= 11 is 0. The molecular formula is C16H25N3O2. The number of nitrogens with zero attached hydrogens (tertiary/aromatic N) is 1. The predicted molar refractivity (Wildman–Crippen MR) is 83.5 cm³/mol. The van der Waals surface area contributed by atoms with Crippen molar-refractivity contribution in [3.8, 4) is 5.75 Å². The lowest BCUT2D eigenvalue weighted by Gasteiger charge is -2.29. The second-order valence-electron chi connectivity index (χ2n) is 5.34. The Balaban J connectivity index is 2.13. The number of carbonyl (C=O) groups excluding carboxylic acids is 1. The largest absolute Gasteiger partial charge is 0.496 e.